The van der Waals surface area contributed by atoms with Gasteiger partial charge in [-0.2, -0.15) is 0 Å². The van der Waals surface area contributed by atoms with E-state index in [1.54, 1.807) is 6.26 Å². The third-order valence-corrected chi connectivity index (χ3v) is 5.65. The number of hydrogen-bond donors (Lipinski definition) is 2. The van der Waals surface area contributed by atoms with Crippen LogP contribution in [0.2, 0.25) is 0 Å². The number of rotatable bonds is 9. The second-order valence-electron chi connectivity index (χ2n) is 8.78. The number of nitrogens with zero attached hydrogens (tertiary/aromatic N) is 3. The van der Waals surface area contributed by atoms with Gasteiger partial charge in [-0.05, 0) is 43.7 Å². The number of benzene rings is 1. The van der Waals surface area contributed by atoms with E-state index in [9.17, 15) is 4.79 Å². The van der Waals surface area contributed by atoms with E-state index in [0.29, 0.717) is 6.54 Å². The lowest BCUT2D eigenvalue weighted by Gasteiger charge is -2.20. The van der Waals surface area contributed by atoms with Gasteiger partial charge in [0.25, 0.3) is 0 Å². The van der Waals surface area contributed by atoms with Gasteiger partial charge in [-0.3, -0.25) is 9.69 Å². The number of amides is 1. The molecule has 1 fully saturated rings. The van der Waals surface area contributed by atoms with E-state index in [1.165, 1.54) is 11.1 Å². The molecule has 2 heterocycles. The summed E-state index contributed by atoms with van der Waals surface area (Å²) in [6.07, 6.45) is 2.65. The van der Waals surface area contributed by atoms with Crippen molar-refractivity contribution in [2.75, 3.05) is 26.7 Å². The molecule has 32 heavy (non-hydrogen) atoms. The van der Waals surface area contributed by atoms with E-state index in [-0.39, 0.29) is 17.9 Å². The summed E-state index contributed by atoms with van der Waals surface area (Å²) in [6, 6.07) is 12.6. The predicted octanol–water partition coefficient (Wildman–Crippen LogP) is 3.22. The van der Waals surface area contributed by atoms with Crippen LogP contribution in [0.1, 0.15) is 44.1 Å². The molecule has 1 aromatic carbocycles. The van der Waals surface area contributed by atoms with Gasteiger partial charge in [-0.1, -0.05) is 38.1 Å². The smallest absolute Gasteiger partial charge is 0.225 e. The van der Waals surface area contributed by atoms with Crippen molar-refractivity contribution in [3.05, 3.63) is 59.5 Å². The van der Waals surface area contributed by atoms with Crippen molar-refractivity contribution >= 4 is 11.9 Å². The Kier molecular flexibility index (Phi) is 8.73. The predicted molar refractivity (Wildman–Crippen MR) is 128 cm³/mol. The number of furan rings is 1. The van der Waals surface area contributed by atoms with Crippen molar-refractivity contribution in [3.63, 3.8) is 0 Å². The third-order valence-electron chi connectivity index (χ3n) is 5.65. The Morgan fingerprint density at radius 2 is 2.00 bits per heavy atom. The number of hydrogen-bond acceptors (Lipinski definition) is 4. The second kappa shape index (κ2) is 11.7. The fourth-order valence-electron chi connectivity index (χ4n) is 4.00. The minimum absolute atomic E-state index is 0.0399. The SMILES string of the molecule is CCNC(=NCc1ccccc1CN(C)Cc1ccco1)NC1CCN(C(=O)C(C)C)C1. The molecule has 0 radical (unpaired) electrons. The van der Waals surface area contributed by atoms with Gasteiger partial charge in [0.2, 0.25) is 5.91 Å². The van der Waals surface area contributed by atoms with Gasteiger partial charge in [0, 0.05) is 38.1 Å². The van der Waals surface area contributed by atoms with E-state index in [1.807, 2.05) is 30.9 Å². The molecule has 7 heteroatoms. The van der Waals surface area contributed by atoms with Crippen LogP contribution in [0.4, 0.5) is 0 Å². The zero-order valence-corrected chi connectivity index (χ0v) is 19.8. The fourth-order valence-corrected chi connectivity index (χ4v) is 4.00. The van der Waals surface area contributed by atoms with Crippen LogP contribution >= 0.6 is 0 Å². The molecule has 1 aliphatic rings. The van der Waals surface area contributed by atoms with Gasteiger partial charge in [0.05, 0.1) is 19.4 Å². The molecule has 0 aliphatic carbocycles. The Balaban J connectivity index is 1.61. The molecule has 1 aromatic heterocycles. The van der Waals surface area contributed by atoms with Crippen LogP contribution in [-0.4, -0.2) is 54.4 Å². The van der Waals surface area contributed by atoms with Crippen LogP contribution in [0.5, 0.6) is 0 Å². The molecule has 1 aliphatic heterocycles. The standard InChI is InChI=1S/C25H37N5O2/c1-5-26-25(28-22-12-13-30(17-22)24(31)19(2)3)27-15-20-9-6-7-10-21(20)16-29(4)18-23-11-8-14-32-23/h6-11,14,19,22H,5,12-13,15-18H2,1-4H3,(H2,26,27,28). The van der Waals surface area contributed by atoms with Crippen molar-refractivity contribution in [3.8, 4) is 0 Å². The summed E-state index contributed by atoms with van der Waals surface area (Å²) in [7, 11) is 2.10. The third kappa shape index (κ3) is 6.85. The maximum Gasteiger partial charge on any atom is 0.225 e. The topological polar surface area (TPSA) is 73.1 Å². The molecule has 0 saturated carbocycles. The minimum atomic E-state index is 0.0399. The first-order valence-electron chi connectivity index (χ1n) is 11.6. The Morgan fingerprint density at radius 1 is 1.22 bits per heavy atom. The highest BCUT2D eigenvalue weighted by molar-refractivity contribution is 5.81. The number of aliphatic imine (C=N–C) groups is 1. The Bertz CT molecular complexity index is 878. The summed E-state index contributed by atoms with van der Waals surface area (Å²) < 4.78 is 5.47. The van der Waals surface area contributed by atoms with Crippen molar-refractivity contribution in [1.29, 1.82) is 0 Å². The first-order chi connectivity index (χ1) is 15.5. The van der Waals surface area contributed by atoms with Gasteiger partial charge in [-0.15, -0.1) is 0 Å². The van der Waals surface area contributed by atoms with Gasteiger partial charge >= 0.3 is 0 Å². The average Bonchev–Trinajstić information content (AvgIpc) is 3.44. The number of guanidine groups is 1. The number of carbonyl (C=O) groups is 1. The maximum absolute atomic E-state index is 12.3. The summed E-state index contributed by atoms with van der Waals surface area (Å²) in [5.74, 6) is 2.03. The molecule has 3 rings (SSSR count). The van der Waals surface area contributed by atoms with Gasteiger partial charge in [-0.25, -0.2) is 4.99 Å². The van der Waals surface area contributed by atoms with E-state index < -0.39 is 0 Å². The van der Waals surface area contributed by atoms with Crippen molar-refractivity contribution in [1.82, 2.24) is 20.4 Å². The summed E-state index contributed by atoms with van der Waals surface area (Å²) in [6.45, 7) is 10.5. The van der Waals surface area contributed by atoms with Crippen LogP contribution < -0.4 is 10.6 Å². The molecule has 1 amide bonds. The van der Waals surface area contributed by atoms with Gasteiger partial charge in [0.15, 0.2) is 5.96 Å². The summed E-state index contributed by atoms with van der Waals surface area (Å²) in [4.78, 5) is 21.3. The molecule has 1 atom stereocenters. The molecule has 2 N–H and O–H groups in total. The largest absolute Gasteiger partial charge is 0.468 e. The first-order valence-corrected chi connectivity index (χ1v) is 11.6. The highest BCUT2D eigenvalue weighted by atomic mass is 16.3. The maximum atomic E-state index is 12.3. The quantitative estimate of drug-likeness (QED) is 0.464. The molecular weight excluding hydrogens is 402 g/mol. The lowest BCUT2D eigenvalue weighted by atomic mass is 10.1. The summed E-state index contributed by atoms with van der Waals surface area (Å²) >= 11 is 0. The molecule has 0 spiro atoms. The zero-order valence-electron chi connectivity index (χ0n) is 19.8. The van der Waals surface area contributed by atoms with Crippen molar-refractivity contribution in [2.24, 2.45) is 10.9 Å². The highest BCUT2D eigenvalue weighted by Gasteiger charge is 2.27. The van der Waals surface area contributed by atoms with E-state index in [0.717, 1.165) is 50.9 Å². The minimum Gasteiger partial charge on any atom is -0.468 e. The molecule has 174 valence electrons. The van der Waals surface area contributed by atoms with Crippen molar-refractivity contribution in [2.45, 2.75) is 52.9 Å². The summed E-state index contributed by atoms with van der Waals surface area (Å²) in [5.41, 5.74) is 2.47. The van der Waals surface area contributed by atoms with Crippen LogP contribution in [0.3, 0.4) is 0 Å². The zero-order chi connectivity index (χ0) is 22.9. The van der Waals surface area contributed by atoms with Gasteiger partial charge in [0.1, 0.15) is 5.76 Å². The fraction of sp³-hybridized carbons (Fsp3) is 0.520. The average molecular weight is 440 g/mol. The monoisotopic (exact) mass is 439 g/mol. The molecule has 7 nitrogen and oxygen atoms in total. The molecule has 1 saturated heterocycles. The Morgan fingerprint density at radius 3 is 2.69 bits per heavy atom. The first kappa shape index (κ1) is 23.9. The lowest BCUT2D eigenvalue weighted by Crippen LogP contribution is -2.45. The number of likely N-dealkylation sites (tertiary alicyclic amines) is 1. The Hall–Kier alpha value is -2.80. The number of nitrogens with one attached hydrogen (secondary N) is 2. The summed E-state index contributed by atoms with van der Waals surface area (Å²) in [5, 5.41) is 6.87. The van der Waals surface area contributed by atoms with Crippen molar-refractivity contribution < 1.29 is 9.21 Å². The lowest BCUT2D eigenvalue weighted by molar-refractivity contribution is -0.133. The molecule has 0 bridgehead atoms. The van der Waals surface area contributed by atoms with Crippen LogP contribution in [-0.2, 0) is 24.4 Å². The molecular formula is C25H37N5O2. The highest BCUT2D eigenvalue weighted by Crippen LogP contribution is 2.15. The molecule has 2 aromatic rings. The Labute approximate surface area is 191 Å². The van der Waals surface area contributed by atoms with Crippen LogP contribution in [0, 0.1) is 5.92 Å². The van der Waals surface area contributed by atoms with E-state index >= 15 is 0 Å². The number of carbonyl (C=O) groups excluding carboxylic acids is 1. The normalized spacial score (nSPS) is 16.8. The van der Waals surface area contributed by atoms with E-state index in [2.05, 4.69) is 53.8 Å². The van der Waals surface area contributed by atoms with Crippen LogP contribution in [0.25, 0.3) is 0 Å². The molecule has 1 unspecified atom stereocenters. The van der Waals surface area contributed by atoms with Crippen LogP contribution in [0.15, 0.2) is 52.1 Å². The van der Waals surface area contributed by atoms with Gasteiger partial charge < -0.3 is 20.0 Å². The second-order valence-corrected chi connectivity index (χ2v) is 8.78. The van der Waals surface area contributed by atoms with E-state index in [4.69, 9.17) is 9.41 Å².